The zero-order valence-electron chi connectivity index (χ0n) is 7.30. The lowest BCUT2D eigenvalue weighted by Crippen LogP contribution is -2.23. The molecule has 0 bridgehead atoms. The second kappa shape index (κ2) is 6.34. The Balaban J connectivity index is 3.76. The molecule has 0 fully saturated rings. The van der Waals surface area contributed by atoms with Crippen molar-refractivity contribution in [3.05, 3.63) is 12.2 Å². The maximum atomic E-state index is 5.37. The van der Waals surface area contributed by atoms with Gasteiger partial charge in [-0.25, -0.2) is 0 Å². The van der Waals surface area contributed by atoms with Crippen molar-refractivity contribution in [3.63, 3.8) is 0 Å². The van der Waals surface area contributed by atoms with Gasteiger partial charge in [0.1, 0.15) is 0 Å². The summed E-state index contributed by atoms with van der Waals surface area (Å²) in [6, 6.07) is 0. The van der Waals surface area contributed by atoms with Crippen molar-refractivity contribution < 1.29 is 9.47 Å². The fraction of sp³-hybridized carbons (Fsp3) is 0.750. The Bertz CT molecular complexity index is 109. The molecule has 0 amide bonds. The Labute approximate surface area is 68.2 Å². The summed E-state index contributed by atoms with van der Waals surface area (Å²) < 4.78 is 10.5. The van der Waals surface area contributed by atoms with Gasteiger partial charge in [-0.3, -0.25) is 0 Å². The summed E-state index contributed by atoms with van der Waals surface area (Å²) in [5.74, 6) is 0. The fourth-order valence-corrected chi connectivity index (χ4v) is 0.683. The second-order valence-corrected chi connectivity index (χ2v) is 2.10. The van der Waals surface area contributed by atoms with Gasteiger partial charge in [0, 0.05) is 19.8 Å². The Morgan fingerprint density at radius 2 is 1.82 bits per heavy atom. The molecule has 0 heterocycles. The third-order valence-corrected chi connectivity index (χ3v) is 1.23. The van der Waals surface area contributed by atoms with Crippen molar-refractivity contribution >= 4 is 0 Å². The second-order valence-electron chi connectivity index (χ2n) is 2.10. The summed E-state index contributed by atoms with van der Waals surface area (Å²) in [5, 5.41) is 0. The quantitative estimate of drug-likeness (QED) is 0.462. The van der Waals surface area contributed by atoms with Crippen molar-refractivity contribution in [2.75, 3.05) is 19.8 Å². The largest absolute Gasteiger partial charge is 0.349 e. The highest BCUT2D eigenvalue weighted by molar-refractivity contribution is 4.99. The van der Waals surface area contributed by atoms with Gasteiger partial charge in [0.2, 0.25) is 0 Å². The lowest BCUT2D eigenvalue weighted by atomic mass is 10.3. The molecule has 0 aliphatic rings. The Morgan fingerprint density at radius 3 is 2.09 bits per heavy atom. The van der Waals surface area contributed by atoms with Crippen LogP contribution in [0, 0.1) is 0 Å². The van der Waals surface area contributed by atoms with Crippen molar-refractivity contribution in [1.29, 1.82) is 0 Å². The summed E-state index contributed by atoms with van der Waals surface area (Å²) >= 11 is 0. The Morgan fingerprint density at radius 1 is 1.36 bits per heavy atom. The average molecular weight is 159 g/mol. The van der Waals surface area contributed by atoms with Gasteiger partial charge in [0.05, 0.1) is 0 Å². The van der Waals surface area contributed by atoms with Crippen molar-refractivity contribution in [1.82, 2.24) is 0 Å². The molecule has 0 saturated carbocycles. The predicted molar refractivity (Wildman–Crippen MR) is 45.2 cm³/mol. The summed E-state index contributed by atoms with van der Waals surface area (Å²) in [7, 11) is 0. The maximum Gasteiger partial charge on any atom is 0.180 e. The molecule has 11 heavy (non-hydrogen) atoms. The van der Waals surface area contributed by atoms with Gasteiger partial charge in [-0.15, -0.1) is 0 Å². The molecule has 0 aliphatic heterocycles. The molecule has 66 valence electrons. The molecule has 0 aromatic heterocycles. The number of rotatable bonds is 6. The Kier molecular flexibility index (Phi) is 6.12. The fourth-order valence-electron chi connectivity index (χ4n) is 0.683. The van der Waals surface area contributed by atoms with Crippen LogP contribution in [0.15, 0.2) is 12.2 Å². The standard InChI is InChI=1S/C8H17NO2/c1-4-10-8(11-5-2)7(3)6-9/h8H,3-6,9H2,1-2H3. The van der Waals surface area contributed by atoms with Crippen LogP contribution in [-0.2, 0) is 9.47 Å². The average Bonchev–Trinajstić information content (AvgIpc) is 2.03. The highest BCUT2D eigenvalue weighted by Crippen LogP contribution is 2.04. The van der Waals surface area contributed by atoms with Crippen LogP contribution in [0.3, 0.4) is 0 Å². The maximum absolute atomic E-state index is 5.37. The van der Waals surface area contributed by atoms with E-state index in [4.69, 9.17) is 15.2 Å². The van der Waals surface area contributed by atoms with Crippen LogP contribution < -0.4 is 5.73 Å². The van der Waals surface area contributed by atoms with Gasteiger partial charge >= 0.3 is 0 Å². The van der Waals surface area contributed by atoms with Gasteiger partial charge in [-0.05, 0) is 19.4 Å². The molecule has 0 aromatic carbocycles. The minimum Gasteiger partial charge on any atom is -0.349 e. The molecule has 3 heteroatoms. The number of hydrogen-bond donors (Lipinski definition) is 1. The van der Waals surface area contributed by atoms with Crippen LogP contribution in [0.4, 0.5) is 0 Å². The summed E-state index contributed by atoms with van der Waals surface area (Å²) in [4.78, 5) is 0. The van der Waals surface area contributed by atoms with Crippen molar-refractivity contribution in [2.45, 2.75) is 20.1 Å². The van der Waals surface area contributed by atoms with E-state index in [0.29, 0.717) is 19.8 Å². The molecule has 0 radical (unpaired) electrons. The van der Waals surface area contributed by atoms with Gasteiger partial charge in [0.25, 0.3) is 0 Å². The van der Waals surface area contributed by atoms with E-state index in [1.807, 2.05) is 13.8 Å². The molecule has 0 atom stereocenters. The number of ether oxygens (including phenoxy) is 2. The monoisotopic (exact) mass is 159 g/mol. The van der Waals surface area contributed by atoms with Crippen LogP contribution in [0.5, 0.6) is 0 Å². The van der Waals surface area contributed by atoms with E-state index in [1.165, 1.54) is 0 Å². The van der Waals surface area contributed by atoms with E-state index in [9.17, 15) is 0 Å². The first-order valence-electron chi connectivity index (χ1n) is 3.87. The van der Waals surface area contributed by atoms with E-state index in [2.05, 4.69) is 6.58 Å². The van der Waals surface area contributed by atoms with E-state index >= 15 is 0 Å². The third-order valence-electron chi connectivity index (χ3n) is 1.23. The first-order chi connectivity index (χ1) is 5.26. The van der Waals surface area contributed by atoms with E-state index in [1.54, 1.807) is 0 Å². The molecule has 0 rings (SSSR count). The van der Waals surface area contributed by atoms with Crippen molar-refractivity contribution in [3.8, 4) is 0 Å². The van der Waals surface area contributed by atoms with Gasteiger partial charge in [-0.1, -0.05) is 6.58 Å². The topological polar surface area (TPSA) is 44.5 Å². The lowest BCUT2D eigenvalue weighted by Gasteiger charge is -2.17. The third kappa shape index (κ3) is 4.14. The zero-order valence-corrected chi connectivity index (χ0v) is 7.30. The highest BCUT2D eigenvalue weighted by atomic mass is 16.7. The summed E-state index contributed by atoms with van der Waals surface area (Å²) in [6.45, 7) is 9.20. The molecule has 3 nitrogen and oxygen atoms in total. The first-order valence-corrected chi connectivity index (χ1v) is 3.87. The molecular formula is C8H17NO2. The van der Waals surface area contributed by atoms with Gasteiger partial charge in [-0.2, -0.15) is 0 Å². The normalized spacial score (nSPS) is 10.5. The lowest BCUT2D eigenvalue weighted by molar-refractivity contribution is -0.111. The van der Waals surface area contributed by atoms with Crippen LogP contribution >= 0.6 is 0 Å². The molecule has 0 saturated heterocycles. The van der Waals surface area contributed by atoms with Crippen molar-refractivity contribution in [2.24, 2.45) is 5.73 Å². The minimum atomic E-state index is -0.324. The van der Waals surface area contributed by atoms with E-state index < -0.39 is 0 Å². The highest BCUT2D eigenvalue weighted by Gasteiger charge is 2.09. The molecule has 0 spiro atoms. The molecule has 0 aromatic rings. The van der Waals surface area contributed by atoms with Gasteiger partial charge < -0.3 is 15.2 Å². The number of nitrogens with two attached hydrogens (primary N) is 1. The minimum absolute atomic E-state index is 0.324. The summed E-state index contributed by atoms with van der Waals surface area (Å²) in [5.41, 5.74) is 6.16. The first kappa shape index (κ1) is 10.6. The van der Waals surface area contributed by atoms with E-state index in [-0.39, 0.29) is 6.29 Å². The SMILES string of the molecule is C=C(CN)C(OCC)OCC. The van der Waals surface area contributed by atoms with E-state index in [0.717, 1.165) is 5.57 Å². The zero-order chi connectivity index (χ0) is 8.69. The summed E-state index contributed by atoms with van der Waals surface area (Å²) in [6.07, 6.45) is -0.324. The van der Waals surface area contributed by atoms with Crippen LogP contribution in [0.1, 0.15) is 13.8 Å². The van der Waals surface area contributed by atoms with Crippen LogP contribution in [0.2, 0.25) is 0 Å². The number of hydrogen-bond acceptors (Lipinski definition) is 3. The van der Waals surface area contributed by atoms with Crippen LogP contribution in [0.25, 0.3) is 0 Å². The Hall–Kier alpha value is -0.380. The molecule has 2 N–H and O–H groups in total. The van der Waals surface area contributed by atoms with Crippen LogP contribution in [-0.4, -0.2) is 26.0 Å². The molecule has 0 unspecified atom stereocenters. The molecule has 0 aliphatic carbocycles. The molecular weight excluding hydrogens is 142 g/mol. The van der Waals surface area contributed by atoms with Gasteiger partial charge in [0.15, 0.2) is 6.29 Å². The predicted octanol–water partition coefficient (Wildman–Crippen LogP) is 0.900. The smallest absolute Gasteiger partial charge is 0.180 e.